The fourth-order valence-corrected chi connectivity index (χ4v) is 1.71. The number of aryl methyl sites for hydroxylation is 1. The third kappa shape index (κ3) is 5.95. The third-order valence-corrected chi connectivity index (χ3v) is 2.85. The number of alkyl halides is 2. The predicted octanol–water partition coefficient (Wildman–Crippen LogP) is 2.88. The van der Waals surface area contributed by atoms with Gasteiger partial charge in [-0.3, -0.25) is 0 Å². The van der Waals surface area contributed by atoms with Crippen LogP contribution in [0.5, 0.6) is 5.75 Å². The van der Waals surface area contributed by atoms with Crippen molar-refractivity contribution in [3.05, 3.63) is 23.8 Å². The van der Waals surface area contributed by atoms with Crippen molar-refractivity contribution in [1.82, 2.24) is 5.32 Å². The maximum absolute atomic E-state index is 12.3. The van der Waals surface area contributed by atoms with Crippen molar-refractivity contribution >= 4 is 11.7 Å². The Morgan fingerprint density at radius 3 is 2.67 bits per heavy atom. The largest absolute Gasteiger partial charge is 0.434 e. The number of hydrogen-bond donors (Lipinski definition) is 3. The Labute approximate surface area is 122 Å². The Kier molecular flexibility index (Phi) is 5.90. The second-order valence-electron chi connectivity index (χ2n) is 5.30. The number of urea groups is 1. The van der Waals surface area contributed by atoms with Crippen molar-refractivity contribution in [3.63, 3.8) is 0 Å². The highest BCUT2D eigenvalue weighted by Gasteiger charge is 2.19. The molecule has 21 heavy (non-hydrogen) atoms. The number of aliphatic hydroxyl groups excluding tert-OH is 1. The topological polar surface area (TPSA) is 70.6 Å². The average molecular weight is 302 g/mol. The molecule has 5 nitrogen and oxygen atoms in total. The zero-order valence-electron chi connectivity index (χ0n) is 12.2. The molecule has 0 saturated heterocycles. The van der Waals surface area contributed by atoms with Gasteiger partial charge in [-0.2, -0.15) is 8.78 Å². The van der Waals surface area contributed by atoms with E-state index in [1.807, 2.05) is 0 Å². The molecule has 1 aromatic carbocycles. The fraction of sp³-hybridized carbons (Fsp3) is 0.500. The minimum Gasteiger partial charge on any atom is -0.434 e. The molecule has 0 fully saturated rings. The number of rotatable bonds is 6. The number of amides is 2. The lowest BCUT2D eigenvalue weighted by Crippen LogP contribution is -2.46. The highest BCUT2D eigenvalue weighted by molar-refractivity contribution is 5.90. The number of anilines is 1. The molecular weight excluding hydrogens is 282 g/mol. The highest BCUT2D eigenvalue weighted by Crippen LogP contribution is 2.24. The molecule has 0 atom stereocenters. The number of nitrogens with one attached hydrogen (secondary N) is 2. The normalized spacial score (nSPS) is 11.4. The van der Waals surface area contributed by atoms with E-state index < -0.39 is 18.2 Å². The van der Waals surface area contributed by atoms with Gasteiger partial charge in [0, 0.05) is 23.9 Å². The number of hydrogen-bond acceptors (Lipinski definition) is 3. The van der Waals surface area contributed by atoms with Crippen molar-refractivity contribution in [1.29, 1.82) is 0 Å². The summed E-state index contributed by atoms with van der Waals surface area (Å²) in [5.41, 5.74) is 0.307. The minimum atomic E-state index is -2.92. The van der Waals surface area contributed by atoms with E-state index >= 15 is 0 Å². The number of carbonyl (C=O) groups is 1. The molecule has 0 aromatic heterocycles. The van der Waals surface area contributed by atoms with Gasteiger partial charge in [-0.15, -0.1) is 0 Å². The van der Waals surface area contributed by atoms with Gasteiger partial charge in [0.05, 0.1) is 0 Å². The van der Waals surface area contributed by atoms with Crippen LogP contribution in [0.3, 0.4) is 0 Å². The van der Waals surface area contributed by atoms with Crippen molar-refractivity contribution in [2.24, 2.45) is 0 Å². The van der Waals surface area contributed by atoms with Crippen LogP contribution < -0.4 is 15.4 Å². The van der Waals surface area contributed by atoms with Crippen LogP contribution in [-0.4, -0.2) is 29.9 Å². The van der Waals surface area contributed by atoms with Gasteiger partial charge in [-0.05, 0) is 38.8 Å². The smallest absolute Gasteiger partial charge is 0.387 e. The quantitative estimate of drug-likeness (QED) is 0.756. The zero-order chi connectivity index (χ0) is 16.0. The SMILES string of the molecule is Cc1ccc(NC(=O)NC(C)(C)CCO)cc1OC(F)F. The second-order valence-corrected chi connectivity index (χ2v) is 5.30. The van der Waals surface area contributed by atoms with Crippen molar-refractivity contribution < 1.29 is 23.4 Å². The molecule has 3 N–H and O–H groups in total. The summed E-state index contributed by atoms with van der Waals surface area (Å²) in [6, 6.07) is 4.01. The number of carbonyl (C=O) groups excluding carboxylic acids is 1. The second kappa shape index (κ2) is 7.21. The van der Waals surface area contributed by atoms with E-state index in [2.05, 4.69) is 15.4 Å². The van der Waals surface area contributed by atoms with Crippen molar-refractivity contribution in [2.45, 2.75) is 39.3 Å². The lowest BCUT2D eigenvalue weighted by molar-refractivity contribution is -0.0502. The first-order chi connectivity index (χ1) is 9.73. The average Bonchev–Trinajstić information content (AvgIpc) is 2.31. The molecule has 2 amide bonds. The van der Waals surface area contributed by atoms with Crippen molar-refractivity contribution in [2.75, 3.05) is 11.9 Å². The van der Waals surface area contributed by atoms with E-state index in [-0.39, 0.29) is 12.4 Å². The van der Waals surface area contributed by atoms with E-state index in [9.17, 15) is 13.6 Å². The van der Waals surface area contributed by atoms with Crippen LogP contribution >= 0.6 is 0 Å². The van der Waals surface area contributed by atoms with Crippen LogP contribution in [0.2, 0.25) is 0 Å². The predicted molar refractivity (Wildman–Crippen MR) is 75.7 cm³/mol. The van der Waals surface area contributed by atoms with Gasteiger partial charge in [0.1, 0.15) is 5.75 Å². The maximum atomic E-state index is 12.3. The summed E-state index contributed by atoms with van der Waals surface area (Å²) >= 11 is 0. The summed E-state index contributed by atoms with van der Waals surface area (Å²) in [6.45, 7) is 2.19. The Balaban J connectivity index is 2.72. The van der Waals surface area contributed by atoms with Crippen LogP contribution in [0.4, 0.5) is 19.3 Å². The summed E-state index contributed by atoms with van der Waals surface area (Å²) in [5.74, 6) is 0.0115. The number of aliphatic hydroxyl groups is 1. The fourth-order valence-electron chi connectivity index (χ4n) is 1.71. The highest BCUT2D eigenvalue weighted by atomic mass is 19.3. The molecule has 0 spiro atoms. The van der Waals surface area contributed by atoms with Gasteiger partial charge < -0.3 is 20.5 Å². The Morgan fingerprint density at radius 2 is 2.10 bits per heavy atom. The zero-order valence-corrected chi connectivity index (χ0v) is 12.2. The summed E-state index contributed by atoms with van der Waals surface area (Å²) in [7, 11) is 0. The van der Waals surface area contributed by atoms with Crippen LogP contribution in [0.15, 0.2) is 18.2 Å². The van der Waals surface area contributed by atoms with Crippen LogP contribution in [0.1, 0.15) is 25.8 Å². The van der Waals surface area contributed by atoms with Crippen LogP contribution in [0, 0.1) is 6.92 Å². The first-order valence-electron chi connectivity index (χ1n) is 6.49. The molecule has 1 rings (SSSR count). The van der Waals surface area contributed by atoms with Gasteiger partial charge in [0.15, 0.2) is 0 Å². The molecule has 0 bridgehead atoms. The van der Waals surface area contributed by atoms with Crippen molar-refractivity contribution in [3.8, 4) is 5.75 Å². The molecule has 0 aliphatic rings. The minimum absolute atomic E-state index is 0.0115. The standard InChI is InChI=1S/C14H20F2N2O3/c1-9-4-5-10(8-11(9)21-12(15)16)17-13(20)18-14(2,3)6-7-19/h4-5,8,12,19H,6-7H2,1-3H3,(H2,17,18,20). The molecule has 0 aliphatic heterocycles. The first kappa shape index (κ1) is 17.2. The summed E-state index contributed by atoms with van der Waals surface area (Å²) in [6.07, 6.45) is 0.397. The number of benzene rings is 1. The molecule has 0 radical (unpaired) electrons. The van der Waals surface area contributed by atoms with Gasteiger partial charge in [0.25, 0.3) is 0 Å². The summed E-state index contributed by atoms with van der Waals surface area (Å²) in [4.78, 5) is 11.8. The molecule has 118 valence electrons. The number of halogens is 2. The van der Waals surface area contributed by atoms with E-state index in [1.165, 1.54) is 6.07 Å². The Bertz CT molecular complexity index is 493. The Hall–Kier alpha value is -1.89. The van der Waals surface area contributed by atoms with E-state index in [4.69, 9.17) is 5.11 Å². The van der Waals surface area contributed by atoms with Crippen LogP contribution in [-0.2, 0) is 0 Å². The first-order valence-corrected chi connectivity index (χ1v) is 6.49. The third-order valence-electron chi connectivity index (χ3n) is 2.85. The molecule has 0 aliphatic carbocycles. The van der Waals surface area contributed by atoms with Crippen LogP contribution in [0.25, 0.3) is 0 Å². The molecule has 0 unspecified atom stereocenters. The molecule has 0 saturated carbocycles. The summed E-state index contributed by atoms with van der Waals surface area (Å²) < 4.78 is 28.9. The molecular formula is C14H20F2N2O3. The van der Waals surface area contributed by atoms with Gasteiger partial charge >= 0.3 is 12.6 Å². The molecule has 7 heteroatoms. The van der Waals surface area contributed by atoms with Gasteiger partial charge in [-0.1, -0.05) is 6.07 Å². The number of ether oxygens (including phenoxy) is 1. The van der Waals surface area contributed by atoms with E-state index in [0.717, 1.165) is 0 Å². The Morgan fingerprint density at radius 1 is 1.43 bits per heavy atom. The van der Waals surface area contributed by atoms with E-state index in [1.54, 1.807) is 32.9 Å². The monoisotopic (exact) mass is 302 g/mol. The lowest BCUT2D eigenvalue weighted by Gasteiger charge is -2.25. The molecule has 0 heterocycles. The van der Waals surface area contributed by atoms with E-state index in [0.29, 0.717) is 17.7 Å². The van der Waals surface area contributed by atoms with Gasteiger partial charge in [-0.25, -0.2) is 4.79 Å². The molecule has 1 aromatic rings. The maximum Gasteiger partial charge on any atom is 0.387 e. The van der Waals surface area contributed by atoms with Gasteiger partial charge in [0.2, 0.25) is 0 Å². The summed E-state index contributed by atoms with van der Waals surface area (Å²) in [5, 5.41) is 14.1. The lowest BCUT2D eigenvalue weighted by atomic mass is 10.0.